The third kappa shape index (κ3) is 2.44. The highest BCUT2D eigenvalue weighted by molar-refractivity contribution is 9.10. The average molecular weight is 323 g/mol. The zero-order chi connectivity index (χ0) is 14.2. The van der Waals surface area contributed by atoms with E-state index in [0.29, 0.717) is 10.0 Å². The van der Waals surface area contributed by atoms with Gasteiger partial charge in [-0.3, -0.25) is 14.9 Å². The number of pyridine rings is 1. The fourth-order valence-corrected chi connectivity index (χ4v) is 2.48. The second-order valence-corrected chi connectivity index (χ2v) is 5.05. The molecule has 2 aromatic rings. The van der Waals surface area contributed by atoms with Crippen LogP contribution in [0.15, 0.2) is 39.7 Å². The van der Waals surface area contributed by atoms with Gasteiger partial charge in [0.2, 0.25) is 0 Å². The molecule has 0 atom stereocenters. The lowest BCUT2D eigenvalue weighted by atomic mass is 10.0. The summed E-state index contributed by atoms with van der Waals surface area (Å²) in [5, 5.41) is 10.9. The van der Waals surface area contributed by atoms with Crippen molar-refractivity contribution in [1.29, 1.82) is 0 Å². The first-order valence-electron chi connectivity index (χ1n) is 5.52. The Bertz CT molecular complexity index is 696. The largest absolute Gasteiger partial charge is 0.317 e. The minimum absolute atomic E-state index is 0.0717. The molecule has 1 aromatic carbocycles. The smallest absolute Gasteiger partial charge is 0.272 e. The van der Waals surface area contributed by atoms with E-state index in [1.165, 1.54) is 10.6 Å². The number of rotatable bonds is 2. The number of aryl methyl sites for hydroxylation is 1. The molecule has 0 aliphatic rings. The maximum atomic E-state index is 11.6. The average Bonchev–Trinajstić information content (AvgIpc) is 2.35. The molecule has 2 rings (SSSR count). The van der Waals surface area contributed by atoms with Crippen LogP contribution in [0.4, 0.5) is 5.69 Å². The number of benzene rings is 1. The lowest BCUT2D eigenvalue weighted by Crippen LogP contribution is -2.16. The minimum Gasteiger partial charge on any atom is -0.317 e. The molecule has 0 saturated carbocycles. The van der Waals surface area contributed by atoms with Gasteiger partial charge in [-0.1, -0.05) is 12.1 Å². The van der Waals surface area contributed by atoms with Crippen molar-refractivity contribution in [3.63, 3.8) is 0 Å². The quantitative estimate of drug-likeness (QED) is 0.630. The van der Waals surface area contributed by atoms with Gasteiger partial charge in [-0.15, -0.1) is 0 Å². The summed E-state index contributed by atoms with van der Waals surface area (Å²) in [5.41, 5.74) is 2.01. The Balaban J connectivity index is 2.69. The van der Waals surface area contributed by atoms with Crippen LogP contribution < -0.4 is 5.56 Å². The monoisotopic (exact) mass is 322 g/mol. The highest BCUT2D eigenvalue weighted by atomic mass is 79.9. The van der Waals surface area contributed by atoms with Gasteiger partial charge in [0.15, 0.2) is 0 Å². The van der Waals surface area contributed by atoms with Crippen LogP contribution in [0.2, 0.25) is 0 Å². The van der Waals surface area contributed by atoms with E-state index in [1.54, 1.807) is 38.4 Å². The molecule has 6 heteroatoms. The number of nitro groups is 1. The second kappa shape index (κ2) is 4.97. The Morgan fingerprint density at radius 3 is 2.63 bits per heavy atom. The summed E-state index contributed by atoms with van der Waals surface area (Å²) in [7, 11) is 1.64. The summed E-state index contributed by atoms with van der Waals surface area (Å²) < 4.78 is 1.87. The molecule has 0 spiro atoms. The molecule has 1 aromatic heterocycles. The molecule has 0 radical (unpaired) electrons. The summed E-state index contributed by atoms with van der Waals surface area (Å²) in [6, 6.07) is 6.58. The molecular formula is C13H11BrN2O3. The molecule has 0 fully saturated rings. The van der Waals surface area contributed by atoms with E-state index in [4.69, 9.17) is 0 Å². The second-order valence-electron chi connectivity index (χ2n) is 4.20. The third-order valence-corrected chi connectivity index (χ3v) is 3.52. The summed E-state index contributed by atoms with van der Waals surface area (Å²) in [6.45, 7) is 1.70. The maximum Gasteiger partial charge on any atom is 0.272 e. The molecule has 5 nitrogen and oxygen atoms in total. The van der Waals surface area contributed by atoms with Gasteiger partial charge in [-0.25, -0.2) is 0 Å². The van der Waals surface area contributed by atoms with Crippen molar-refractivity contribution in [2.45, 2.75) is 6.92 Å². The first kappa shape index (κ1) is 13.5. The predicted molar refractivity (Wildman–Crippen MR) is 76.2 cm³/mol. The molecule has 0 unspecified atom stereocenters. The number of aromatic nitrogens is 1. The van der Waals surface area contributed by atoms with Crippen LogP contribution >= 0.6 is 15.9 Å². The van der Waals surface area contributed by atoms with Crippen molar-refractivity contribution in [3.05, 3.63) is 61.0 Å². The fourth-order valence-electron chi connectivity index (χ4n) is 1.95. The number of hydrogen-bond acceptors (Lipinski definition) is 3. The molecule has 0 bridgehead atoms. The number of nitro benzene ring substituents is 1. The van der Waals surface area contributed by atoms with Gasteiger partial charge >= 0.3 is 0 Å². The minimum atomic E-state index is -0.407. The van der Waals surface area contributed by atoms with Gasteiger partial charge in [0.1, 0.15) is 0 Å². The van der Waals surface area contributed by atoms with Crippen LogP contribution in [0.3, 0.4) is 0 Å². The van der Waals surface area contributed by atoms with Crippen LogP contribution in [0, 0.1) is 17.0 Å². The maximum absolute atomic E-state index is 11.6. The Kier molecular flexibility index (Phi) is 3.53. The molecular weight excluding hydrogens is 312 g/mol. The molecule has 98 valence electrons. The van der Waals surface area contributed by atoms with Gasteiger partial charge in [0, 0.05) is 24.9 Å². The zero-order valence-electron chi connectivity index (χ0n) is 10.4. The molecule has 0 N–H and O–H groups in total. The summed E-state index contributed by atoms with van der Waals surface area (Å²) in [6.07, 6.45) is 1.67. The molecule has 0 aliphatic carbocycles. The van der Waals surface area contributed by atoms with E-state index in [0.717, 1.165) is 11.1 Å². The molecule has 0 saturated heterocycles. The first-order chi connectivity index (χ1) is 8.91. The van der Waals surface area contributed by atoms with E-state index in [1.807, 2.05) is 0 Å². The van der Waals surface area contributed by atoms with Crippen molar-refractivity contribution >= 4 is 21.6 Å². The molecule has 0 amide bonds. The van der Waals surface area contributed by atoms with E-state index < -0.39 is 4.92 Å². The first-order valence-corrected chi connectivity index (χ1v) is 6.31. The number of hydrogen-bond donors (Lipinski definition) is 0. The number of halogens is 1. The standard InChI is InChI=1S/C13H11BrN2O3/c1-8-10(4-3-5-12(8)16(18)19)9-6-11(14)13(17)15(2)7-9/h3-7H,1-2H3. The van der Waals surface area contributed by atoms with E-state index in [9.17, 15) is 14.9 Å². The zero-order valence-corrected chi connectivity index (χ0v) is 12.0. The van der Waals surface area contributed by atoms with Crippen molar-refractivity contribution in [3.8, 4) is 11.1 Å². The summed E-state index contributed by atoms with van der Waals surface area (Å²) in [4.78, 5) is 22.1. The number of nitrogens with zero attached hydrogens (tertiary/aromatic N) is 2. The van der Waals surface area contributed by atoms with E-state index in [2.05, 4.69) is 15.9 Å². The van der Waals surface area contributed by atoms with E-state index in [-0.39, 0.29) is 11.2 Å². The van der Waals surface area contributed by atoms with Crippen molar-refractivity contribution in [2.24, 2.45) is 7.05 Å². The van der Waals surface area contributed by atoms with Crippen molar-refractivity contribution in [2.75, 3.05) is 0 Å². The predicted octanol–water partition coefficient (Wildman–Crippen LogP) is 3.03. The van der Waals surface area contributed by atoms with E-state index >= 15 is 0 Å². The van der Waals surface area contributed by atoms with Gasteiger partial charge in [0.25, 0.3) is 11.2 Å². The topological polar surface area (TPSA) is 65.1 Å². The third-order valence-electron chi connectivity index (χ3n) is 2.95. The Morgan fingerprint density at radius 1 is 1.37 bits per heavy atom. The van der Waals surface area contributed by atoms with Crippen molar-refractivity contribution < 1.29 is 4.92 Å². The lowest BCUT2D eigenvalue weighted by molar-refractivity contribution is -0.385. The van der Waals surface area contributed by atoms with Gasteiger partial charge in [-0.2, -0.15) is 0 Å². The Labute approximate surface area is 117 Å². The lowest BCUT2D eigenvalue weighted by Gasteiger charge is -2.08. The SMILES string of the molecule is Cc1c(-c2cc(Br)c(=O)n(C)c2)cccc1[N+](=O)[O-]. The Morgan fingerprint density at radius 2 is 2.05 bits per heavy atom. The van der Waals surface area contributed by atoms with Crippen LogP contribution in [0.1, 0.15) is 5.56 Å². The molecule has 1 heterocycles. The normalized spacial score (nSPS) is 10.5. The summed E-state index contributed by atoms with van der Waals surface area (Å²) >= 11 is 3.20. The fraction of sp³-hybridized carbons (Fsp3) is 0.154. The molecule has 19 heavy (non-hydrogen) atoms. The van der Waals surface area contributed by atoms with Gasteiger partial charge < -0.3 is 4.57 Å². The van der Waals surface area contributed by atoms with Crippen LogP contribution in [0.25, 0.3) is 11.1 Å². The van der Waals surface area contributed by atoms with Crippen molar-refractivity contribution in [1.82, 2.24) is 4.57 Å². The molecule has 0 aliphatic heterocycles. The summed E-state index contributed by atoms with van der Waals surface area (Å²) in [5.74, 6) is 0. The van der Waals surface area contributed by atoms with Gasteiger partial charge in [0.05, 0.1) is 9.40 Å². The Hall–Kier alpha value is -1.95. The van der Waals surface area contributed by atoms with Crippen LogP contribution in [0.5, 0.6) is 0 Å². The van der Waals surface area contributed by atoms with Crippen LogP contribution in [-0.2, 0) is 7.05 Å². The highest BCUT2D eigenvalue weighted by Crippen LogP contribution is 2.30. The van der Waals surface area contributed by atoms with Crippen LogP contribution in [-0.4, -0.2) is 9.49 Å². The highest BCUT2D eigenvalue weighted by Gasteiger charge is 2.15. The van der Waals surface area contributed by atoms with Gasteiger partial charge in [-0.05, 0) is 40.0 Å².